The van der Waals surface area contributed by atoms with Gasteiger partial charge in [-0.3, -0.25) is 9.59 Å². The van der Waals surface area contributed by atoms with Crippen LogP contribution >= 0.6 is 11.8 Å². The van der Waals surface area contributed by atoms with Crippen molar-refractivity contribution in [2.45, 2.75) is 62.5 Å². The molecule has 0 spiro atoms. The third-order valence-electron chi connectivity index (χ3n) is 9.48. The van der Waals surface area contributed by atoms with Crippen LogP contribution in [0.1, 0.15) is 60.3 Å². The summed E-state index contributed by atoms with van der Waals surface area (Å²) in [5, 5.41) is 28.5. The van der Waals surface area contributed by atoms with Gasteiger partial charge in [-0.05, 0) is 68.9 Å². The first-order chi connectivity index (χ1) is 27.4. The highest BCUT2D eigenvalue weighted by atomic mass is 32.2. The number of carbonyl (C=O) groups is 2. The minimum atomic E-state index is -0.627. The number of aromatic nitrogens is 4. The lowest BCUT2D eigenvalue weighted by atomic mass is 9.97. The molecule has 3 atom stereocenters. The number of thioether (sulfide) groups is 1. The molecule has 56 heavy (non-hydrogen) atoms. The Balaban J connectivity index is 0.990. The zero-order valence-electron chi connectivity index (χ0n) is 30.7. The van der Waals surface area contributed by atoms with Crippen molar-refractivity contribution in [1.82, 2.24) is 25.5 Å². The van der Waals surface area contributed by atoms with Crippen molar-refractivity contribution in [3.8, 4) is 16.8 Å². The molecule has 1 aromatic heterocycles. The first-order valence-corrected chi connectivity index (χ1v) is 19.5. The Morgan fingerprint density at radius 2 is 1.54 bits per heavy atom. The highest BCUT2D eigenvalue weighted by Gasteiger charge is 2.33. The standard InChI is InChI=1S/C43H43N7O5S/c44-37-13-6-7-14-38(37)46-41(53)16-8-15-40(52)45-26-33-9-4-5-12-36(33)30-21-23-32(24-22-30)42-54-35(25-39(55-42)31-19-17-29(27-51)18-20-31)28-56-43-47-48-49-50(43)34-10-2-1-3-11-34/h1-7,9-14,17-24,35,39,42,51H,8,15-16,25-28,44H2,(H,45,52)(H,46,53)/t35-,39+,42+/m1/s1. The Bertz CT molecular complexity index is 2220. The van der Waals surface area contributed by atoms with Gasteiger partial charge >= 0.3 is 0 Å². The summed E-state index contributed by atoms with van der Waals surface area (Å²) in [6.07, 6.45) is 0.442. The zero-order valence-corrected chi connectivity index (χ0v) is 31.5. The molecule has 0 radical (unpaired) electrons. The Hall–Kier alpha value is -5.86. The highest BCUT2D eigenvalue weighted by molar-refractivity contribution is 7.99. The molecule has 286 valence electrons. The molecule has 12 nitrogen and oxygen atoms in total. The molecule has 1 fully saturated rings. The normalized spacial score (nSPS) is 16.6. The van der Waals surface area contributed by atoms with Crippen LogP contribution in [0, 0.1) is 0 Å². The third kappa shape index (κ3) is 9.86. The average molecular weight is 770 g/mol. The van der Waals surface area contributed by atoms with Crippen molar-refractivity contribution >= 4 is 35.0 Å². The number of aliphatic hydroxyl groups excluding tert-OH is 1. The van der Waals surface area contributed by atoms with Gasteiger partial charge in [-0.25, -0.2) is 0 Å². The fraction of sp³-hybridized carbons (Fsp3) is 0.233. The number of carbonyl (C=O) groups excluding carboxylic acids is 2. The number of nitrogens with one attached hydrogen (secondary N) is 2. The van der Waals surface area contributed by atoms with Crippen LogP contribution in [0.5, 0.6) is 0 Å². The molecule has 13 heteroatoms. The van der Waals surface area contributed by atoms with Gasteiger partial charge in [0.25, 0.3) is 0 Å². The van der Waals surface area contributed by atoms with Crippen LogP contribution in [0.3, 0.4) is 0 Å². The molecule has 1 aliphatic rings. The molecule has 1 aliphatic heterocycles. The van der Waals surface area contributed by atoms with E-state index in [1.807, 2.05) is 103 Å². The van der Waals surface area contributed by atoms with Crippen molar-refractivity contribution in [1.29, 1.82) is 0 Å². The fourth-order valence-corrected chi connectivity index (χ4v) is 7.39. The number of nitrogen functional groups attached to an aromatic ring is 1. The predicted molar refractivity (Wildman–Crippen MR) is 215 cm³/mol. The van der Waals surface area contributed by atoms with Crippen LogP contribution in [0.15, 0.2) is 133 Å². The Morgan fingerprint density at radius 3 is 2.32 bits per heavy atom. The first-order valence-electron chi connectivity index (χ1n) is 18.5. The van der Waals surface area contributed by atoms with Gasteiger partial charge in [0.1, 0.15) is 0 Å². The Morgan fingerprint density at radius 1 is 0.821 bits per heavy atom. The Kier molecular flexibility index (Phi) is 12.8. The van der Waals surface area contributed by atoms with E-state index >= 15 is 0 Å². The monoisotopic (exact) mass is 769 g/mol. The van der Waals surface area contributed by atoms with Gasteiger partial charge in [0, 0.05) is 37.1 Å². The predicted octanol–water partition coefficient (Wildman–Crippen LogP) is 7.17. The van der Waals surface area contributed by atoms with Gasteiger partial charge in [0.2, 0.25) is 17.0 Å². The summed E-state index contributed by atoms with van der Waals surface area (Å²) in [6, 6.07) is 40.7. The van der Waals surface area contributed by atoms with Crippen LogP contribution in [0.4, 0.5) is 11.4 Å². The number of nitrogens with zero attached hydrogens (tertiary/aromatic N) is 4. The molecule has 5 aromatic carbocycles. The summed E-state index contributed by atoms with van der Waals surface area (Å²) in [4.78, 5) is 25.1. The van der Waals surface area contributed by atoms with Gasteiger partial charge in [0.05, 0.1) is 35.9 Å². The van der Waals surface area contributed by atoms with Crippen LogP contribution in [0.25, 0.3) is 16.8 Å². The molecule has 0 aliphatic carbocycles. The van der Waals surface area contributed by atoms with Gasteiger partial charge in [-0.15, -0.1) is 5.10 Å². The largest absolute Gasteiger partial charge is 0.397 e. The second-order valence-electron chi connectivity index (χ2n) is 13.4. The number of hydrogen-bond acceptors (Lipinski definition) is 10. The van der Waals surface area contributed by atoms with Crippen LogP contribution in [-0.2, 0) is 32.2 Å². The summed E-state index contributed by atoms with van der Waals surface area (Å²) >= 11 is 1.53. The van der Waals surface area contributed by atoms with Crippen molar-refractivity contribution in [2.24, 2.45) is 0 Å². The highest BCUT2D eigenvalue weighted by Crippen LogP contribution is 2.40. The van der Waals surface area contributed by atoms with E-state index in [1.54, 1.807) is 28.9 Å². The molecule has 7 rings (SSSR count). The SMILES string of the molecule is Nc1ccccc1NC(=O)CCCC(=O)NCc1ccccc1-c1ccc([C@H]2O[C@@H](CSc3nnnn3-c3ccccc3)C[C@@H](c3ccc(CO)cc3)O2)cc1. The van der Waals surface area contributed by atoms with Crippen molar-refractivity contribution in [3.63, 3.8) is 0 Å². The van der Waals surface area contributed by atoms with E-state index < -0.39 is 6.29 Å². The average Bonchev–Trinajstić information content (AvgIpc) is 3.72. The van der Waals surface area contributed by atoms with Crippen LogP contribution in [0.2, 0.25) is 0 Å². The van der Waals surface area contributed by atoms with E-state index in [0.717, 1.165) is 39.1 Å². The fourth-order valence-electron chi connectivity index (χ4n) is 6.48. The second kappa shape index (κ2) is 18.7. The number of ether oxygens (including phenoxy) is 2. The lowest BCUT2D eigenvalue weighted by Gasteiger charge is -2.36. The van der Waals surface area contributed by atoms with Crippen LogP contribution < -0.4 is 16.4 Å². The maximum absolute atomic E-state index is 12.7. The third-order valence-corrected chi connectivity index (χ3v) is 10.5. The van der Waals surface area contributed by atoms with Gasteiger partial charge in [0.15, 0.2) is 6.29 Å². The maximum Gasteiger partial charge on any atom is 0.224 e. The minimum Gasteiger partial charge on any atom is -0.397 e. The van der Waals surface area contributed by atoms with E-state index in [4.69, 9.17) is 15.2 Å². The van der Waals surface area contributed by atoms with E-state index in [-0.39, 0.29) is 43.5 Å². The summed E-state index contributed by atoms with van der Waals surface area (Å²) in [5.41, 5.74) is 13.5. The number of aliphatic hydroxyl groups is 1. The molecule has 6 aromatic rings. The van der Waals surface area contributed by atoms with Gasteiger partial charge < -0.3 is 30.9 Å². The zero-order chi connectivity index (χ0) is 38.7. The number of tetrazole rings is 1. The smallest absolute Gasteiger partial charge is 0.224 e. The van der Waals surface area contributed by atoms with Gasteiger partial charge in [-0.2, -0.15) is 4.68 Å². The van der Waals surface area contributed by atoms with E-state index in [1.165, 1.54) is 11.8 Å². The molecule has 2 amide bonds. The molecule has 0 bridgehead atoms. The van der Waals surface area contributed by atoms with Crippen LogP contribution in [-0.4, -0.2) is 49.0 Å². The summed E-state index contributed by atoms with van der Waals surface area (Å²) in [5.74, 6) is 0.293. The minimum absolute atomic E-state index is 0.0268. The quantitative estimate of drug-likeness (QED) is 0.0622. The summed E-state index contributed by atoms with van der Waals surface area (Å²) < 4.78 is 14.9. The number of benzene rings is 5. The van der Waals surface area contributed by atoms with Gasteiger partial charge in [-0.1, -0.05) is 115 Å². The molecule has 0 unspecified atom stereocenters. The number of hydrogen-bond donors (Lipinski definition) is 4. The number of anilines is 2. The molecule has 5 N–H and O–H groups in total. The molecule has 0 saturated carbocycles. The number of para-hydroxylation sites is 3. The Labute approximate surface area is 329 Å². The number of amides is 2. The number of rotatable bonds is 15. The number of nitrogens with two attached hydrogens (primary N) is 1. The molecular formula is C43H43N7O5S. The summed E-state index contributed by atoms with van der Waals surface area (Å²) in [7, 11) is 0. The lowest BCUT2D eigenvalue weighted by Crippen LogP contribution is -2.31. The molecule has 2 heterocycles. The van der Waals surface area contributed by atoms with Crippen molar-refractivity contribution < 1.29 is 24.2 Å². The van der Waals surface area contributed by atoms with Crippen molar-refractivity contribution in [2.75, 3.05) is 16.8 Å². The molecule has 1 saturated heterocycles. The van der Waals surface area contributed by atoms with E-state index in [9.17, 15) is 14.7 Å². The van der Waals surface area contributed by atoms with E-state index in [2.05, 4.69) is 26.2 Å². The first kappa shape index (κ1) is 38.4. The summed E-state index contributed by atoms with van der Waals surface area (Å²) in [6.45, 7) is 0.322. The van der Waals surface area contributed by atoms with E-state index in [0.29, 0.717) is 41.7 Å². The molecular weight excluding hydrogens is 727 g/mol. The van der Waals surface area contributed by atoms with Crippen molar-refractivity contribution in [3.05, 3.63) is 150 Å². The second-order valence-corrected chi connectivity index (χ2v) is 14.4. The topological polar surface area (TPSA) is 167 Å². The lowest BCUT2D eigenvalue weighted by molar-refractivity contribution is -0.245. The maximum atomic E-state index is 12.7.